The highest BCUT2D eigenvalue weighted by atomic mass is 127. The monoisotopic (exact) mass is 417 g/mol. The van der Waals surface area contributed by atoms with Crippen LogP contribution < -0.4 is 10.1 Å². The van der Waals surface area contributed by atoms with Crippen molar-refractivity contribution in [2.45, 2.75) is 33.2 Å². The molecule has 0 aliphatic carbocycles. The summed E-state index contributed by atoms with van der Waals surface area (Å²) in [6.45, 7) is 7.38. The number of nitrogens with zero attached hydrogens (tertiary/aromatic N) is 2. The highest BCUT2D eigenvalue weighted by molar-refractivity contribution is 14.0. The minimum atomic E-state index is 0. The first-order chi connectivity index (χ1) is 10.1. The van der Waals surface area contributed by atoms with Crippen molar-refractivity contribution < 1.29 is 4.74 Å². The summed E-state index contributed by atoms with van der Waals surface area (Å²) in [6, 6.07) is 6.30. The first-order valence-electron chi connectivity index (χ1n) is 7.72. The van der Waals surface area contributed by atoms with Crippen LogP contribution in [0.2, 0.25) is 0 Å². The SMILES string of the molecule is CN=C(NCc1cc(C)cc(OC)c1)N1CCC(C)CC1.I. The number of hydrogen-bond acceptors (Lipinski definition) is 2. The van der Waals surface area contributed by atoms with E-state index in [-0.39, 0.29) is 24.0 Å². The number of ether oxygens (including phenoxy) is 1. The third-order valence-corrected chi connectivity index (χ3v) is 4.09. The molecule has 0 saturated carbocycles. The van der Waals surface area contributed by atoms with Crippen molar-refractivity contribution in [3.05, 3.63) is 29.3 Å². The van der Waals surface area contributed by atoms with Crippen LogP contribution in [0.25, 0.3) is 0 Å². The number of hydrogen-bond donors (Lipinski definition) is 1. The molecule has 1 fully saturated rings. The molecule has 0 amide bonds. The first kappa shape index (κ1) is 19.1. The largest absolute Gasteiger partial charge is 0.497 e. The Morgan fingerprint density at radius 2 is 2.00 bits per heavy atom. The summed E-state index contributed by atoms with van der Waals surface area (Å²) in [5.74, 6) is 2.75. The molecule has 22 heavy (non-hydrogen) atoms. The van der Waals surface area contributed by atoms with Crippen LogP contribution in [0.1, 0.15) is 30.9 Å². The number of guanidine groups is 1. The van der Waals surface area contributed by atoms with Crippen LogP contribution in [-0.2, 0) is 6.54 Å². The molecule has 4 nitrogen and oxygen atoms in total. The highest BCUT2D eigenvalue weighted by Gasteiger charge is 2.18. The molecule has 1 aromatic carbocycles. The van der Waals surface area contributed by atoms with Crippen LogP contribution in [0.15, 0.2) is 23.2 Å². The number of likely N-dealkylation sites (tertiary alicyclic amines) is 1. The van der Waals surface area contributed by atoms with Crippen molar-refractivity contribution >= 4 is 29.9 Å². The van der Waals surface area contributed by atoms with E-state index in [1.807, 2.05) is 13.1 Å². The first-order valence-corrected chi connectivity index (χ1v) is 7.72. The lowest BCUT2D eigenvalue weighted by Crippen LogP contribution is -2.45. The van der Waals surface area contributed by atoms with Gasteiger partial charge in [0.25, 0.3) is 0 Å². The Bertz CT molecular complexity index is 497. The quantitative estimate of drug-likeness (QED) is 0.465. The molecule has 1 heterocycles. The normalized spacial score (nSPS) is 16.2. The van der Waals surface area contributed by atoms with Crippen molar-refractivity contribution in [3.63, 3.8) is 0 Å². The van der Waals surface area contributed by atoms with E-state index in [2.05, 4.69) is 41.2 Å². The van der Waals surface area contributed by atoms with E-state index in [1.54, 1.807) is 7.11 Å². The van der Waals surface area contributed by atoms with Gasteiger partial charge in [0.15, 0.2) is 5.96 Å². The summed E-state index contributed by atoms with van der Waals surface area (Å²) < 4.78 is 5.33. The average Bonchev–Trinajstić information content (AvgIpc) is 2.49. The summed E-state index contributed by atoms with van der Waals surface area (Å²) in [5, 5.41) is 3.47. The maximum Gasteiger partial charge on any atom is 0.193 e. The fourth-order valence-electron chi connectivity index (χ4n) is 2.78. The maximum atomic E-state index is 5.33. The summed E-state index contributed by atoms with van der Waals surface area (Å²) in [4.78, 5) is 6.77. The molecule has 0 bridgehead atoms. The zero-order valence-electron chi connectivity index (χ0n) is 14.1. The van der Waals surface area contributed by atoms with Crippen molar-refractivity contribution in [2.24, 2.45) is 10.9 Å². The van der Waals surface area contributed by atoms with E-state index in [1.165, 1.54) is 24.0 Å². The third-order valence-electron chi connectivity index (χ3n) is 4.09. The van der Waals surface area contributed by atoms with Gasteiger partial charge in [0, 0.05) is 26.7 Å². The molecule has 1 aliphatic heterocycles. The van der Waals surface area contributed by atoms with Gasteiger partial charge < -0.3 is 15.0 Å². The number of aryl methyl sites for hydroxylation is 1. The van der Waals surface area contributed by atoms with Gasteiger partial charge in [-0.15, -0.1) is 24.0 Å². The summed E-state index contributed by atoms with van der Waals surface area (Å²) >= 11 is 0. The lowest BCUT2D eigenvalue weighted by molar-refractivity contribution is 0.273. The fraction of sp³-hybridized carbons (Fsp3) is 0.588. The number of nitrogens with one attached hydrogen (secondary N) is 1. The van der Waals surface area contributed by atoms with E-state index < -0.39 is 0 Å². The van der Waals surface area contributed by atoms with Gasteiger partial charge in [-0.2, -0.15) is 0 Å². The molecule has 5 heteroatoms. The van der Waals surface area contributed by atoms with Gasteiger partial charge in [-0.05, 0) is 48.9 Å². The molecule has 124 valence electrons. The minimum absolute atomic E-state index is 0. The molecular weight excluding hydrogens is 389 g/mol. The topological polar surface area (TPSA) is 36.9 Å². The van der Waals surface area contributed by atoms with Crippen molar-refractivity contribution in [2.75, 3.05) is 27.2 Å². The number of rotatable bonds is 3. The van der Waals surface area contributed by atoms with Gasteiger partial charge in [-0.25, -0.2) is 0 Å². The number of halogens is 1. The predicted molar refractivity (Wildman–Crippen MR) is 103 cm³/mol. The molecule has 0 radical (unpaired) electrons. The van der Waals surface area contributed by atoms with Crippen LogP contribution >= 0.6 is 24.0 Å². The number of piperidine rings is 1. The van der Waals surface area contributed by atoms with E-state index in [0.717, 1.165) is 37.3 Å². The summed E-state index contributed by atoms with van der Waals surface area (Å²) in [5.41, 5.74) is 2.44. The Balaban J connectivity index is 0.00000242. The molecule has 0 atom stereocenters. The third kappa shape index (κ3) is 5.34. The van der Waals surface area contributed by atoms with Crippen molar-refractivity contribution in [3.8, 4) is 5.75 Å². The standard InChI is InChI=1S/C17H27N3O.HI/c1-13-5-7-20(8-6-13)17(18-3)19-12-15-9-14(2)10-16(11-15)21-4;/h9-11,13H,5-8,12H2,1-4H3,(H,18,19);1H. The second kappa shape index (κ2) is 9.22. The van der Waals surface area contributed by atoms with Crippen LogP contribution in [0.3, 0.4) is 0 Å². The van der Waals surface area contributed by atoms with Gasteiger partial charge in [-0.3, -0.25) is 4.99 Å². The molecule has 1 aliphatic rings. The van der Waals surface area contributed by atoms with Gasteiger partial charge in [0.05, 0.1) is 7.11 Å². The second-order valence-electron chi connectivity index (χ2n) is 5.93. The predicted octanol–water partition coefficient (Wildman–Crippen LogP) is 3.43. The molecule has 2 rings (SSSR count). The van der Waals surface area contributed by atoms with Crippen LogP contribution in [0.5, 0.6) is 5.75 Å². The fourth-order valence-corrected chi connectivity index (χ4v) is 2.78. The summed E-state index contributed by atoms with van der Waals surface area (Å²) in [7, 11) is 3.57. The van der Waals surface area contributed by atoms with Gasteiger partial charge >= 0.3 is 0 Å². The van der Waals surface area contributed by atoms with E-state index >= 15 is 0 Å². The van der Waals surface area contributed by atoms with E-state index in [4.69, 9.17) is 4.74 Å². The van der Waals surface area contributed by atoms with Crippen LogP contribution in [-0.4, -0.2) is 38.1 Å². The van der Waals surface area contributed by atoms with Crippen molar-refractivity contribution in [1.29, 1.82) is 0 Å². The lowest BCUT2D eigenvalue weighted by Gasteiger charge is -2.33. The molecule has 1 aromatic rings. The van der Waals surface area contributed by atoms with Crippen LogP contribution in [0, 0.1) is 12.8 Å². The van der Waals surface area contributed by atoms with Crippen LogP contribution in [0.4, 0.5) is 0 Å². The number of methoxy groups -OCH3 is 1. The Morgan fingerprint density at radius 1 is 1.32 bits per heavy atom. The number of aliphatic imine (C=N–C) groups is 1. The Labute approximate surface area is 151 Å². The summed E-state index contributed by atoms with van der Waals surface area (Å²) in [6.07, 6.45) is 2.50. The molecule has 0 unspecified atom stereocenters. The van der Waals surface area contributed by atoms with Crippen molar-refractivity contribution in [1.82, 2.24) is 10.2 Å². The Morgan fingerprint density at radius 3 is 2.59 bits per heavy atom. The maximum absolute atomic E-state index is 5.33. The molecular formula is C17H28IN3O. The zero-order valence-corrected chi connectivity index (χ0v) is 16.4. The van der Waals surface area contributed by atoms with Gasteiger partial charge in [0.2, 0.25) is 0 Å². The highest BCUT2D eigenvalue weighted by Crippen LogP contribution is 2.18. The molecule has 0 aromatic heterocycles. The lowest BCUT2D eigenvalue weighted by atomic mass is 9.99. The smallest absolute Gasteiger partial charge is 0.193 e. The van der Waals surface area contributed by atoms with Gasteiger partial charge in [-0.1, -0.05) is 13.0 Å². The van der Waals surface area contributed by atoms with E-state index in [9.17, 15) is 0 Å². The Kier molecular flexibility index (Phi) is 8.00. The average molecular weight is 417 g/mol. The molecule has 1 N–H and O–H groups in total. The zero-order chi connectivity index (χ0) is 15.2. The second-order valence-corrected chi connectivity index (χ2v) is 5.93. The minimum Gasteiger partial charge on any atom is -0.497 e. The molecule has 0 spiro atoms. The van der Waals surface area contributed by atoms with Gasteiger partial charge in [0.1, 0.15) is 5.75 Å². The van der Waals surface area contributed by atoms with E-state index in [0.29, 0.717) is 0 Å². The number of benzene rings is 1. The molecule has 1 saturated heterocycles. The Hall–Kier alpha value is -0.980.